The molecule has 0 aliphatic rings. The zero-order chi connectivity index (χ0) is 14.9. The van der Waals surface area contributed by atoms with Crippen molar-refractivity contribution in [1.29, 1.82) is 0 Å². The molecule has 0 aliphatic heterocycles. The highest BCUT2D eigenvalue weighted by atomic mass is 35.5. The molecule has 0 fully saturated rings. The fourth-order valence-corrected chi connectivity index (χ4v) is 2.23. The Morgan fingerprint density at radius 3 is 2.40 bits per heavy atom. The Balaban J connectivity index is 2.45. The van der Waals surface area contributed by atoms with Gasteiger partial charge in [0.2, 0.25) is 0 Å². The Morgan fingerprint density at radius 2 is 1.85 bits per heavy atom. The van der Waals surface area contributed by atoms with Gasteiger partial charge in [0.1, 0.15) is 22.3 Å². The Kier molecular flexibility index (Phi) is 4.26. The summed E-state index contributed by atoms with van der Waals surface area (Å²) < 4.78 is 19.5. The summed E-state index contributed by atoms with van der Waals surface area (Å²) in [7, 11) is 0. The lowest BCUT2D eigenvalue weighted by atomic mass is 10.1. The van der Waals surface area contributed by atoms with Crippen LogP contribution in [0.15, 0.2) is 30.3 Å². The third-order valence-electron chi connectivity index (χ3n) is 2.86. The van der Waals surface area contributed by atoms with E-state index >= 15 is 0 Å². The molecule has 20 heavy (non-hydrogen) atoms. The van der Waals surface area contributed by atoms with Crippen LogP contribution in [0.25, 0.3) is 0 Å². The van der Waals surface area contributed by atoms with Gasteiger partial charge in [-0.25, -0.2) is 4.39 Å². The molecule has 0 bridgehead atoms. The van der Waals surface area contributed by atoms with Crippen molar-refractivity contribution in [3.8, 4) is 11.5 Å². The lowest BCUT2D eigenvalue weighted by molar-refractivity contribution is 0.474. The van der Waals surface area contributed by atoms with Gasteiger partial charge in [-0.1, -0.05) is 29.9 Å². The van der Waals surface area contributed by atoms with Crippen LogP contribution in [0.1, 0.15) is 16.7 Å². The summed E-state index contributed by atoms with van der Waals surface area (Å²) in [5, 5.41) is 0.686. The molecule has 0 heterocycles. The van der Waals surface area contributed by atoms with Crippen LogP contribution in [0, 0.1) is 19.7 Å². The van der Waals surface area contributed by atoms with Crippen molar-refractivity contribution < 1.29 is 9.13 Å². The Labute approximate surface area is 127 Å². The highest BCUT2D eigenvalue weighted by Gasteiger charge is 2.14. The van der Waals surface area contributed by atoms with Crippen molar-refractivity contribution in [3.63, 3.8) is 0 Å². The van der Waals surface area contributed by atoms with Gasteiger partial charge >= 0.3 is 0 Å². The second kappa shape index (κ2) is 5.77. The van der Waals surface area contributed by atoms with Crippen molar-refractivity contribution in [2.75, 3.05) is 0 Å². The molecule has 0 amide bonds. The SMILES string of the molecule is Cc1cc(Oc2cccc(F)c2C(N)=S)cc(C)c1Cl. The number of rotatable bonds is 3. The summed E-state index contributed by atoms with van der Waals surface area (Å²) in [6.07, 6.45) is 0. The minimum Gasteiger partial charge on any atom is -0.457 e. The highest BCUT2D eigenvalue weighted by molar-refractivity contribution is 7.80. The Hall–Kier alpha value is -1.65. The van der Waals surface area contributed by atoms with Gasteiger partial charge in [-0.15, -0.1) is 0 Å². The molecule has 0 unspecified atom stereocenters. The van der Waals surface area contributed by atoms with Gasteiger partial charge < -0.3 is 10.5 Å². The van der Waals surface area contributed by atoms with E-state index in [0.717, 1.165) is 11.1 Å². The number of benzene rings is 2. The molecule has 2 nitrogen and oxygen atoms in total. The molecular weight excluding hydrogens is 297 g/mol. The van der Waals surface area contributed by atoms with Crippen LogP contribution in [-0.2, 0) is 0 Å². The molecule has 104 valence electrons. The first-order chi connectivity index (χ1) is 9.40. The Bertz CT molecular complexity index is 665. The van der Waals surface area contributed by atoms with Gasteiger partial charge in [-0.3, -0.25) is 0 Å². The van der Waals surface area contributed by atoms with Crippen LogP contribution in [0.3, 0.4) is 0 Å². The molecule has 2 rings (SSSR count). The average molecular weight is 310 g/mol. The van der Waals surface area contributed by atoms with Crippen LogP contribution in [0.5, 0.6) is 11.5 Å². The van der Waals surface area contributed by atoms with Crippen LogP contribution in [0.2, 0.25) is 5.02 Å². The summed E-state index contributed by atoms with van der Waals surface area (Å²) in [6.45, 7) is 3.75. The molecule has 0 aliphatic carbocycles. The summed E-state index contributed by atoms with van der Waals surface area (Å²) in [6, 6.07) is 8.02. The molecule has 2 aromatic carbocycles. The fraction of sp³-hybridized carbons (Fsp3) is 0.133. The molecule has 0 atom stereocenters. The minimum atomic E-state index is -0.502. The number of nitrogens with two attached hydrogens (primary N) is 1. The number of aryl methyl sites for hydroxylation is 2. The van der Waals surface area contributed by atoms with Crippen molar-refractivity contribution in [2.45, 2.75) is 13.8 Å². The predicted molar refractivity (Wildman–Crippen MR) is 83.3 cm³/mol. The van der Waals surface area contributed by atoms with Gasteiger partial charge in [0.15, 0.2) is 0 Å². The van der Waals surface area contributed by atoms with Gasteiger partial charge in [0, 0.05) is 5.02 Å². The molecule has 2 aromatic rings. The number of thiocarbonyl (C=S) groups is 1. The summed E-state index contributed by atoms with van der Waals surface area (Å²) in [5.74, 6) is 0.350. The van der Waals surface area contributed by atoms with E-state index in [0.29, 0.717) is 16.5 Å². The maximum absolute atomic E-state index is 13.8. The van der Waals surface area contributed by atoms with Gasteiger partial charge in [0.25, 0.3) is 0 Å². The van der Waals surface area contributed by atoms with Crippen molar-refractivity contribution in [3.05, 3.63) is 57.9 Å². The van der Waals surface area contributed by atoms with Crippen LogP contribution >= 0.6 is 23.8 Å². The van der Waals surface area contributed by atoms with E-state index in [1.807, 2.05) is 13.8 Å². The van der Waals surface area contributed by atoms with E-state index in [4.69, 9.17) is 34.3 Å². The second-order valence-electron chi connectivity index (χ2n) is 4.45. The second-order valence-corrected chi connectivity index (χ2v) is 5.27. The van der Waals surface area contributed by atoms with Gasteiger partial charge in [-0.05, 0) is 49.2 Å². The van der Waals surface area contributed by atoms with Crippen LogP contribution in [0.4, 0.5) is 4.39 Å². The normalized spacial score (nSPS) is 10.4. The third kappa shape index (κ3) is 2.92. The van der Waals surface area contributed by atoms with E-state index < -0.39 is 5.82 Å². The summed E-state index contributed by atoms with van der Waals surface area (Å²) in [5.41, 5.74) is 7.42. The first-order valence-electron chi connectivity index (χ1n) is 5.93. The zero-order valence-electron chi connectivity index (χ0n) is 11.0. The van der Waals surface area contributed by atoms with Crippen molar-refractivity contribution in [2.24, 2.45) is 5.73 Å². The predicted octanol–water partition coefficient (Wildman–Crippen LogP) is 4.52. The van der Waals surface area contributed by atoms with Gasteiger partial charge in [-0.2, -0.15) is 0 Å². The maximum atomic E-state index is 13.8. The fourth-order valence-electron chi connectivity index (χ4n) is 1.92. The Morgan fingerprint density at radius 1 is 1.25 bits per heavy atom. The molecule has 2 N–H and O–H groups in total. The van der Waals surface area contributed by atoms with E-state index in [9.17, 15) is 4.39 Å². The highest BCUT2D eigenvalue weighted by Crippen LogP contribution is 2.31. The largest absolute Gasteiger partial charge is 0.457 e. The molecule has 0 saturated heterocycles. The number of hydrogen-bond acceptors (Lipinski definition) is 2. The number of ether oxygens (including phenoxy) is 1. The standard InChI is InChI=1S/C15H13ClFNOS/c1-8-6-10(7-9(2)14(8)16)19-12-5-3-4-11(17)13(12)15(18)20/h3-7H,1-2H3,(H2,18,20). The monoisotopic (exact) mass is 309 g/mol. The zero-order valence-corrected chi connectivity index (χ0v) is 12.6. The molecule has 0 saturated carbocycles. The van der Waals surface area contributed by atoms with Crippen LogP contribution < -0.4 is 10.5 Å². The molecule has 0 aromatic heterocycles. The lowest BCUT2D eigenvalue weighted by Crippen LogP contribution is -2.13. The minimum absolute atomic E-state index is 0.0412. The molecule has 0 radical (unpaired) electrons. The smallest absolute Gasteiger partial charge is 0.140 e. The maximum Gasteiger partial charge on any atom is 0.140 e. The summed E-state index contributed by atoms with van der Waals surface area (Å²) in [4.78, 5) is -0.0412. The van der Waals surface area contributed by atoms with Gasteiger partial charge in [0.05, 0.1) is 5.56 Å². The van der Waals surface area contributed by atoms with E-state index in [-0.39, 0.29) is 10.6 Å². The van der Waals surface area contributed by atoms with E-state index in [2.05, 4.69) is 0 Å². The van der Waals surface area contributed by atoms with Crippen molar-refractivity contribution >= 4 is 28.8 Å². The molecule has 0 spiro atoms. The van der Waals surface area contributed by atoms with Crippen LogP contribution in [-0.4, -0.2) is 4.99 Å². The van der Waals surface area contributed by atoms with Crippen molar-refractivity contribution in [1.82, 2.24) is 0 Å². The first-order valence-corrected chi connectivity index (χ1v) is 6.71. The quantitative estimate of drug-likeness (QED) is 0.846. The first kappa shape index (κ1) is 14.8. The van der Waals surface area contributed by atoms with E-state index in [1.54, 1.807) is 24.3 Å². The molecular formula is C15H13ClFNOS. The van der Waals surface area contributed by atoms with E-state index in [1.165, 1.54) is 6.07 Å². The number of halogens is 2. The third-order valence-corrected chi connectivity index (χ3v) is 3.66. The summed E-state index contributed by atoms with van der Waals surface area (Å²) >= 11 is 11.0. The lowest BCUT2D eigenvalue weighted by Gasteiger charge is -2.13. The average Bonchev–Trinajstić information content (AvgIpc) is 2.35. The number of hydrogen-bond donors (Lipinski definition) is 1. The molecule has 5 heteroatoms. The topological polar surface area (TPSA) is 35.2 Å².